The summed E-state index contributed by atoms with van der Waals surface area (Å²) in [6.07, 6.45) is 7.74. The van der Waals surface area contributed by atoms with E-state index in [2.05, 4.69) is 31.9 Å². The zero-order chi connectivity index (χ0) is 18.8. The highest BCUT2D eigenvalue weighted by molar-refractivity contribution is 5.89. The number of hydrogen-bond acceptors (Lipinski definition) is 5. The zero-order valence-corrected chi connectivity index (χ0v) is 15.9. The van der Waals surface area contributed by atoms with Gasteiger partial charge in [-0.2, -0.15) is 0 Å². The monoisotopic (exact) mass is 350 g/mol. The van der Waals surface area contributed by atoms with Gasteiger partial charge in [0.1, 0.15) is 0 Å². The molecule has 1 aliphatic carbocycles. The molecule has 0 amide bonds. The summed E-state index contributed by atoms with van der Waals surface area (Å²) in [5.41, 5.74) is 7.19. The number of carbonyl (C=O) groups excluding carboxylic acids is 1. The van der Waals surface area contributed by atoms with Gasteiger partial charge in [0.25, 0.3) is 0 Å². The maximum Gasteiger partial charge on any atom is 0.333 e. The molecule has 0 fully saturated rings. The quantitative estimate of drug-likeness (QED) is 0.458. The Hall–Kier alpha value is -1.43. The normalized spacial score (nSPS) is 23.4. The van der Waals surface area contributed by atoms with Crippen molar-refractivity contribution in [3.8, 4) is 0 Å². The van der Waals surface area contributed by atoms with Crippen molar-refractivity contribution in [2.24, 2.45) is 5.73 Å². The second-order valence-electron chi connectivity index (χ2n) is 6.33. The van der Waals surface area contributed by atoms with Gasteiger partial charge in [-0.05, 0) is 32.3 Å². The molecule has 3 atom stereocenters. The number of nitrogens with two attached hydrogens (primary N) is 1. The minimum Gasteiger partial charge on any atom is -0.463 e. The minimum atomic E-state index is -0.305. The molecule has 142 valence electrons. The molecule has 0 aliphatic heterocycles. The number of rotatable bonds is 11. The summed E-state index contributed by atoms with van der Waals surface area (Å²) in [5.74, 6) is -0.283. The van der Waals surface area contributed by atoms with E-state index in [0.717, 1.165) is 12.8 Å². The third-order valence-electron chi connectivity index (χ3n) is 4.61. The van der Waals surface area contributed by atoms with E-state index in [1.165, 1.54) is 0 Å². The lowest BCUT2D eigenvalue weighted by Gasteiger charge is -2.41. The molecule has 0 unspecified atom stereocenters. The van der Waals surface area contributed by atoms with E-state index in [0.29, 0.717) is 31.7 Å². The van der Waals surface area contributed by atoms with Crippen LogP contribution >= 0.6 is 0 Å². The van der Waals surface area contributed by atoms with Crippen LogP contribution in [-0.4, -0.2) is 54.9 Å². The van der Waals surface area contributed by atoms with E-state index in [4.69, 9.17) is 15.2 Å². The average Bonchev–Trinajstić information content (AvgIpc) is 2.61. The van der Waals surface area contributed by atoms with Gasteiger partial charge in [0.15, 0.2) is 0 Å². The third-order valence-corrected chi connectivity index (χ3v) is 4.61. The molecule has 5 heteroatoms. The van der Waals surface area contributed by atoms with Crippen LogP contribution in [0.1, 0.15) is 40.0 Å². The van der Waals surface area contributed by atoms with Crippen molar-refractivity contribution in [2.75, 3.05) is 19.7 Å². The summed E-state index contributed by atoms with van der Waals surface area (Å²) in [7, 11) is 0. The van der Waals surface area contributed by atoms with Crippen LogP contribution < -0.4 is 5.73 Å². The molecule has 0 aromatic carbocycles. The lowest BCUT2D eigenvalue weighted by atomic mass is 9.87. The fourth-order valence-corrected chi connectivity index (χ4v) is 3.22. The zero-order valence-electron chi connectivity index (χ0n) is 15.9. The smallest absolute Gasteiger partial charge is 0.333 e. The second kappa shape index (κ2) is 11.2. The van der Waals surface area contributed by atoms with E-state index in [9.17, 15) is 4.79 Å². The Morgan fingerprint density at radius 2 is 1.92 bits per heavy atom. The second-order valence-corrected chi connectivity index (χ2v) is 6.33. The number of hydrogen-bond donors (Lipinski definition) is 1. The summed E-state index contributed by atoms with van der Waals surface area (Å²) < 4.78 is 11.4. The highest BCUT2D eigenvalue weighted by atomic mass is 16.5. The van der Waals surface area contributed by atoms with Gasteiger partial charge in [-0.15, -0.1) is 13.2 Å². The SMILES string of the molecule is C=CCN(CC=C)[C@H]1CC(C(=O)OCC)=C[C@@H](OC(CC)CC)[C@H]1N. The molecule has 1 rings (SSSR count). The number of ether oxygens (including phenoxy) is 2. The van der Waals surface area contributed by atoms with Gasteiger partial charge in [-0.25, -0.2) is 4.79 Å². The van der Waals surface area contributed by atoms with Crippen molar-refractivity contribution in [1.82, 2.24) is 4.90 Å². The molecule has 25 heavy (non-hydrogen) atoms. The topological polar surface area (TPSA) is 64.8 Å². The van der Waals surface area contributed by atoms with Crippen molar-refractivity contribution in [2.45, 2.75) is 64.3 Å². The van der Waals surface area contributed by atoms with Gasteiger partial charge in [0.2, 0.25) is 0 Å². The fraction of sp³-hybridized carbons (Fsp3) is 0.650. The molecule has 0 aromatic rings. The predicted molar refractivity (Wildman–Crippen MR) is 102 cm³/mol. The van der Waals surface area contributed by atoms with Crippen molar-refractivity contribution < 1.29 is 14.3 Å². The van der Waals surface area contributed by atoms with E-state index in [1.807, 2.05) is 25.2 Å². The fourth-order valence-electron chi connectivity index (χ4n) is 3.22. The highest BCUT2D eigenvalue weighted by Gasteiger charge is 2.37. The average molecular weight is 351 g/mol. The van der Waals surface area contributed by atoms with Crippen LogP contribution in [-0.2, 0) is 14.3 Å². The van der Waals surface area contributed by atoms with Crippen LogP contribution in [0.15, 0.2) is 37.0 Å². The van der Waals surface area contributed by atoms with Crippen LogP contribution in [0.3, 0.4) is 0 Å². The maximum atomic E-state index is 12.3. The lowest BCUT2D eigenvalue weighted by Crippen LogP contribution is -2.56. The van der Waals surface area contributed by atoms with Gasteiger partial charge >= 0.3 is 5.97 Å². The molecule has 0 spiro atoms. The van der Waals surface area contributed by atoms with Gasteiger partial charge in [-0.3, -0.25) is 4.90 Å². The van der Waals surface area contributed by atoms with Crippen molar-refractivity contribution in [3.05, 3.63) is 37.0 Å². The van der Waals surface area contributed by atoms with Gasteiger partial charge in [0.05, 0.1) is 24.9 Å². The van der Waals surface area contributed by atoms with Crippen LogP contribution in [0.25, 0.3) is 0 Å². The summed E-state index contributed by atoms with van der Waals surface area (Å²) in [5, 5.41) is 0. The Morgan fingerprint density at radius 1 is 1.32 bits per heavy atom. The number of nitrogens with zero attached hydrogens (tertiary/aromatic N) is 1. The van der Waals surface area contributed by atoms with Crippen LogP contribution in [0, 0.1) is 0 Å². The van der Waals surface area contributed by atoms with Crippen molar-refractivity contribution in [1.29, 1.82) is 0 Å². The highest BCUT2D eigenvalue weighted by Crippen LogP contribution is 2.27. The molecule has 0 bridgehead atoms. The molecule has 5 nitrogen and oxygen atoms in total. The predicted octanol–water partition coefficient (Wildman–Crippen LogP) is 2.82. The summed E-state index contributed by atoms with van der Waals surface area (Å²) in [4.78, 5) is 14.5. The van der Waals surface area contributed by atoms with Gasteiger partial charge in [0, 0.05) is 24.7 Å². The van der Waals surface area contributed by atoms with E-state index >= 15 is 0 Å². The molecule has 2 N–H and O–H groups in total. The molecular weight excluding hydrogens is 316 g/mol. The van der Waals surface area contributed by atoms with Gasteiger partial charge in [-0.1, -0.05) is 26.0 Å². The van der Waals surface area contributed by atoms with Crippen molar-refractivity contribution in [3.63, 3.8) is 0 Å². The number of carbonyl (C=O) groups is 1. The molecule has 1 aliphatic rings. The van der Waals surface area contributed by atoms with E-state index in [-0.39, 0.29) is 30.3 Å². The van der Waals surface area contributed by atoms with E-state index in [1.54, 1.807) is 0 Å². The molecule has 0 saturated carbocycles. The van der Waals surface area contributed by atoms with Crippen LogP contribution in [0.4, 0.5) is 0 Å². The Balaban J connectivity index is 3.10. The first-order chi connectivity index (χ1) is 12.0. The Labute approximate surface area is 152 Å². The third kappa shape index (κ3) is 6.10. The molecule has 0 radical (unpaired) electrons. The first kappa shape index (κ1) is 21.6. The van der Waals surface area contributed by atoms with Gasteiger partial charge < -0.3 is 15.2 Å². The Morgan fingerprint density at radius 3 is 2.40 bits per heavy atom. The van der Waals surface area contributed by atoms with Crippen molar-refractivity contribution >= 4 is 5.97 Å². The first-order valence-corrected chi connectivity index (χ1v) is 9.26. The molecule has 0 saturated heterocycles. The molecular formula is C20H34N2O3. The molecule has 0 heterocycles. The number of esters is 1. The molecule has 0 aromatic heterocycles. The Kier molecular flexibility index (Phi) is 9.71. The summed E-state index contributed by atoms with van der Waals surface area (Å²) >= 11 is 0. The first-order valence-electron chi connectivity index (χ1n) is 9.26. The van der Waals surface area contributed by atoms with Crippen LogP contribution in [0.5, 0.6) is 0 Å². The standard InChI is InChI=1S/C20H34N2O3/c1-6-11-22(12-7-2)17-13-15(20(23)24-10-5)14-18(19(17)21)25-16(8-3)9-4/h6-7,14,16-19H,1-2,8-13,21H2,3-5H3/t17-,18+,19-/m0/s1. The summed E-state index contributed by atoms with van der Waals surface area (Å²) in [6, 6.07) is -0.251. The van der Waals surface area contributed by atoms with Crippen LogP contribution in [0.2, 0.25) is 0 Å². The van der Waals surface area contributed by atoms with E-state index < -0.39 is 0 Å². The maximum absolute atomic E-state index is 12.3. The minimum absolute atomic E-state index is 0.0280. The Bertz CT molecular complexity index is 462. The largest absolute Gasteiger partial charge is 0.463 e. The summed E-state index contributed by atoms with van der Waals surface area (Å²) in [6.45, 7) is 15.4. The lowest BCUT2D eigenvalue weighted by molar-refractivity contribution is -0.139.